The molecule has 0 aromatic heterocycles. The molecule has 0 radical (unpaired) electrons. The Kier molecular flexibility index (Phi) is 3.74. The van der Waals surface area contributed by atoms with Crippen LogP contribution in [0.2, 0.25) is 0 Å². The van der Waals surface area contributed by atoms with Crippen LogP contribution in [0.25, 0.3) is 0 Å². The molecule has 4 heteroatoms. The fourth-order valence-electron chi connectivity index (χ4n) is 1.96. The normalized spacial score (nSPS) is 16.7. The third-order valence-corrected chi connectivity index (χ3v) is 2.92. The van der Waals surface area contributed by atoms with Gasteiger partial charge in [-0.3, -0.25) is 4.79 Å². The van der Waals surface area contributed by atoms with Crippen molar-refractivity contribution in [2.45, 2.75) is 13.3 Å². The van der Waals surface area contributed by atoms with Gasteiger partial charge in [0.15, 0.2) is 5.78 Å². The minimum atomic E-state index is -0.281. The van der Waals surface area contributed by atoms with Crippen molar-refractivity contribution in [3.05, 3.63) is 29.6 Å². The molecule has 0 N–H and O–H groups in total. The first-order valence-corrected chi connectivity index (χ1v) is 5.81. The smallest absolute Gasteiger partial charge is 0.159 e. The lowest BCUT2D eigenvalue weighted by atomic mass is 10.1. The predicted octanol–water partition coefficient (Wildman–Crippen LogP) is 2.26. The van der Waals surface area contributed by atoms with E-state index in [4.69, 9.17) is 4.74 Å². The van der Waals surface area contributed by atoms with Crippen molar-refractivity contribution in [1.29, 1.82) is 0 Å². The van der Waals surface area contributed by atoms with Crippen molar-refractivity contribution < 1.29 is 13.9 Å². The molecule has 0 saturated carbocycles. The summed E-state index contributed by atoms with van der Waals surface area (Å²) < 4.78 is 19.1. The number of carbonyl (C=O) groups excluding carboxylic acids is 1. The highest BCUT2D eigenvalue weighted by Gasteiger charge is 2.15. The first-order valence-electron chi connectivity index (χ1n) is 5.81. The summed E-state index contributed by atoms with van der Waals surface area (Å²) in [5.41, 5.74) is 1.05. The highest BCUT2D eigenvalue weighted by molar-refractivity contribution is 5.95. The molecule has 1 heterocycles. The van der Waals surface area contributed by atoms with Crippen LogP contribution in [-0.4, -0.2) is 32.1 Å². The fraction of sp³-hybridized carbons (Fsp3) is 0.462. The number of hydrogen-bond acceptors (Lipinski definition) is 3. The van der Waals surface area contributed by atoms with E-state index in [-0.39, 0.29) is 11.6 Å². The summed E-state index contributed by atoms with van der Waals surface area (Å²) >= 11 is 0. The van der Waals surface area contributed by atoms with Gasteiger partial charge in [-0.1, -0.05) is 0 Å². The van der Waals surface area contributed by atoms with E-state index in [0.29, 0.717) is 31.0 Å². The van der Waals surface area contributed by atoms with E-state index in [9.17, 15) is 9.18 Å². The van der Waals surface area contributed by atoms with E-state index in [1.807, 2.05) is 4.90 Å². The van der Waals surface area contributed by atoms with Crippen LogP contribution in [0.3, 0.4) is 0 Å². The van der Waals surface area contributed by atoms with Crippen LogP contribution in [0.1, 0.15) is 23.7 Å². The lowest BCUT2D eigenvalue weighted by Crippen LogP contribution is -2.27. The molecule has 1 aliphatic rings. The number of anilines is 1. The number of ketones is 1. The summed E-state index contributed by atoms with van der Waals surface area (Å²) in [7, 11) is 0. The minimum absolute atomic E-state index is 0.0441. The zero-order valence-electron chi connectivity index (χ0n) is 9.91. The van der Waals surface area contributed by atoms with Gasteiger partial charge in [-0.05, 0) is 31.5 Å². The second-order valence-electron chi connectivity index (χ2n) is 4.18. The van der Waals surface area contributed by atoms with E-state index in [2.05, 4.69) is 0 Å². The van der Waals surface area contributed by atoms with E-state index in [1.165, 1.54) is 19.1 Å². The molecule has 0 bridgehead atoms. The minimum Gasteiger partial charge on any atom is -0.380 e. The second kappa shape index (κ2) is 5.27. The molecule has 1 aromatic rings. The van der Waals surface area contributed by atoms with E-state index >= 15 is 0 Å². The maximum Gasteiger partial charge on any atom is 0.159 e. The molecule has 1 aromatic carbocycles. The number of Topliss-reactive ketones (excluding diaryl/α,β-unsaturated/α-hetero) is 1. The van der Waals surface area contributed by atoms with Crippen molar-refractivity contribution in [2.24, 2.45) is 0 Å². The van der Waals surface area contributed by atoms with Crippen LogP contribution >= 0.6 is 0 Å². The first kappa shape index (κ1) is 12.0. The number of ether oxygens (including phenoxy) is 1. The topological polar surface area (TPSA) is 29.5 Å². The van der Waals surface area contributed by atoms with Gasteiger partial charge in [0.1, 0.15) is 5.82 Å². The third kappa shape index (κ3) is 2.82. The summed E-state index contributed by atoms with van der Waals surface area (Å²) in [4.78, 5) is 13.2. The summed E-state index contributed by atoms with van der Waals surface area (Å²) in [5, 5.41) is 0. The monoisotopic (exact) mass is 237 g/mol. The van der Waals surface area contributed by atoms with Crippen LogP contribution < -0.4 is 4.90 Å². The molecular formula is C13H16FNO2. The van der Waals surface area contributed by atoms with Gasteiger partial charge in [0.25, 0.3) is 0 Å². The average Bonchev–Trinajstić information content (AvgIpc) is 2.58. The van der Waals surface area contributed by atoms with Gasteiger partial charge >= 0.3 is 0 Å². The van der Waals surface area contributed by atoms with Crippen LogP contribution in [0.5, 0.6) is 0 Å². The molecule has 2 rings (SSSR count). The molecule has 0 aliphatic carbocycles. The maximum atomic E-state index is 13.8. The number of nitrogens with zero attached hydrogens (tertiary/aromatic N) is 1. The number of halogens is 1. The standard InChI is InChI=1S/C13H16FNO2/c1-10(16)11-3-4-12(14)13(9-11)15-5-2-7-17-8-6-15/h3-4,9H,2,5-8H2,1H3. The molecule has 0 spiro atoms. The first-order chi connectivity index (χ1) is 8.18. The van der Waals surface area contributed by atoms with Gasteiger partial charge in [0, 0.05) is 25.3 Å². The fourth-order valence-corrected chi connectivity index (χ4v) is 1.96. The molecule has 0 amide bonds. The number of carbonyl (C=O) groups is 1. The summed E-state index contributed by atoms with van der Waals surface area (Å²) in [5.74, 6) is -0.325. The Morgan fingerprint density at radius 3 is 2.94 bits per heavy atom. The van der Waals surface area contributed by atoms with Crippen LogP contribution in [0.15, 0.2) is 18.2 Å². The molecule has 1 aliphatic heterocycles. The quantitative estimate of drug-likeness (QED) is 0.739. The summed E-state index contributed by atoms with van der Waals surface area (Å²) in [6, 6.07) is 4.51. The molecule has 92 valence electrons. The van der Waals surface area contributed by atoms with E-state index in [1.54, 1.807) is 6.07 Å². The zero-order chi connectivity index (χ0) is 12.3. The SMILES string of the molecule is CC(=O)c1ccc(F)c(N2CCCOCC2)c1. The Morgan fingerprint density at radius 1 is 1.35 bits per heavy atom. The predicted molar refractivity (Wildman–Crippen MR) is 64.1 cm³/mol. The van der Waals surface area contributed by atoms with Crippen LogP contribution in [-0.2, 0) is 4.74 Å². The molecule has 17 heavy (non-hydrogen) atoms. The Morgan fingerprint density at radius 2 is 2.18 bits per heavy atom. The Balaban J connectivity index is 2.28. The summed E-state index contributed by atoms with van der Waals surface area (Å²) in [6.07, 6.45) is 0.879. The lowest BCUT2D eigenvalue weighted by Gasteiger charge is -2.22. The molecule has 1 saturated heterocycles. The highest BCUT2D eigenvalue weighted by Crippen LogP contribution is 2.22. The third-order valence-electron chi connectivity index (χ3n) is 2.92. The van der Waals surface area contributed by atoms with Crippen molar-refractivity contribution >= 4 is 11.5 Å². The second-order valence-corrected chi connectivity index (χ2v) is 4.18. The Hall–Kier alpha value is -1.42. The zero-order valence-corrected chi connectivity index (χ0v) is 9.91. The molecule has 0 atom stereocenters. The molecule has 0 unspecified atom stereocenters. The van der Waals surface area contributed by atoms with Crippen molar-refractivity contribution in [3.63, 3.8) is 0 Å². The molecular weight excluding hydrogens is 221 g/mol. The van der Waals surface area contributed by atoms with Gasteiger partial charge in [-0.15, -0.1) is 0 Å². The van der Waals surface area contributed by atoms with Crippen molar-refractivity contribution in [2.75, 3.05) is 31.2 Å². The number of rotatable bonds is 2. The van der Waals surface area contributed by atoms with E-state index in [0.717, 1.165) is 13.0 Å². The average molecular weight is 237 g/mol. The van der Waals surface area contributed by atoms with E-state index < -0.39 is 0 Å². The maximum absolute atomic E-state index is 13.8. The number of hydrogen-bond donors (Lipinski definition) is 0. The number of benzene rings is 1. The Bertz CT molecular complexity index is 412. The van der Waals surface area contributed by atoms with Gasteiger partial charge in [0.05, 0.1) is 12.3 Å². The van der Waals surface area contributed by atoms with Gasteiger partial charge < -0.3 is 9.64 Å². The van der Waals surface area contributed by atoms with Gasteiger partial charge in [0.2, 0.25) is 0 Å². The Labute approximate surface area is 100 Å². The van der Waals surface area contributed by atoms with Crippen molar-refractivity contribution in [1.82, 2.24) is 0 Å². The molecule has 1 fully saturated rings. The largest absolute Gasteiger partial charge is 0.380 e. The van der Waals surface area contributed by atoms with Crippen molar-refractivity contribution in [3.8, 4) is 0 Å². The summed E-state index contributed by atoms with van der Waals surface area (Å²) in [6.45, 7) is 4.23. The van der Waals surface area contributed by atoms with Crippen LogP contribution in [0.4, 0.5) is 10.1 Å². The van der Waals surface area contributed by atoms with Gasteiger partial charge in [-0.25, -0.2) is 4.39 Å². The molecule has 3 nitrogen and oxygen atoms in total. The highest BCUT2D eigenvalue weighted by atomic mass is 19.1. The van der Waals surface area contributed by atoms with Gasteiger partial charge in [-0.2, -0.15) is 0 Å². The van der Waals surface area contributed by atoms with Crippen LogP contribution in [0, 0.1) is 5.82 Å². The lowest BCUT2D eigenvalue weighted by molar-refractivity contribution is 0.101.